The summed E-state index contributed by atoms with van der Waals surface area (Å²) in [6.45, 7) is 9.78. The van der Waals surface area contributed by atoms with Crippen LogP contribution < -0.4 is 10.5 Å². The molecule has 1 amide bonds. The Labute approximate surface area is 173 Å². The molecule has 8 nitrogen and oxygen atoms in total. The first-order valence-corrected chi connectivity index (χ1v) is 10.0. The van der Waals surface area contributed by atoms with Crippen molar-refractivity contribution in [3.63, 3.8) is 0 Å². The number of carbonyl (C=O) groups excluding carboxylic acids is 1. The number of nitrogens with zero attached hydrogens (tertiary/aromatic N) is 3. The van der Waals surface area contributed by atoms with E-state index >= 15 is 0 Å². The Morgan fingerprint density at radius 1 is 1.14 bits per heavy atom. The lowest BCUT2D eigenvalue weighted by Crippen LogP contribution is -2.53. The van der Waals surface area contributed by atoms with Crippen LogP contribution in [0.25, 0.3) is 0 Å². The minimum atomic E-state index is -0.489. The molecule has 2 rings (SSSR count). The molecule has 0 saturated carbocycles. The molecule has 1 fully saturated rings. The number of guanidine groups is 1. The summed E-state index contributed by atoms with van der Waals surface area (Å²) in [6, 6.07) is 7.86. The molecule has 0 bridgehead atoms. The number of hydrogen-bond donors (Lipinski definition) is 1. The van der Waals surface area contributed by atoms with Crippen molar-refractivity contribution in [2.24, 2.45) is 10.7 Å². The van der Waals surface area contributed by atoms with Crippen molar-refractivity contribution in [2.45, 2.75) is 39.3 Å². The average Bonchev–Trinajstić information content (AvgIpc) is 2.68. The summed E-state index contributed by atoms with van der Waals surface area (Å²) in [5, 5.41) is 0. The smallest absolute Gasteiger partial charge is 0.410 e. The molecule has 1 aliphatic rings. The Bertz CT molecular complexity index is 680. The third-order valence-corrected chi connectivity index (χ3v) is 4.34. The summed E-state index contributed by atoms with van der Waals surface area (Å²) in [5.74, 6) is 1.30. The second-order valence-corrected chi connectivity index (χ2v) is 7.97. The fraction of sp³-hybridized carbons (Fsp3) is 0.619. The van der Waals surface area contributed by atoms with Crippen molar-refractivity contribution in [3.05, 3.63) is 29.8 Å². The lowest BCUT2D eigenvalue weighted by atomic mass is 10.2. The number of rotatable bonds is 7. The van der Waals surface area contributed by atoms with Crippen LogP contribution in [0.2, 0.25) is 0 Å². The van der Waals surface area contributed by atoms with Crippen molar-refractivity contribution < 1.29 is 19.0 Å². The van der Waals surface area contributed by atoms with Crippen LogP contribution in [0.4, 0.5) is 4.79 Å². The van der Waals surface area contributed by atoms with Gasteiger partial charge in [0.05, 0.1) is 13.2 Å². The van der Waals surface area contributed by atoms with E-state index in [1.807, 2.05) is 49.9 Å². The minimum absolute atomic E-state index is 0.282. The van der Waals surface area contributed by atoms with Crippen LogP contribution in [-0.4, -0.2) is 74.0 Å². The van der Waals surface area contributed by atoms with E-state index in [0.29, 0.717) is 51.9 Å². The molecular formula is C21H34N4O4. The molecule has 8 heteroatoms. The molecule has 1 aliphatic heterocycles. The molecule has 0 aromatic heterocycles. The SMILES string of the molecule is COCCCOc1cccc(CN=C(N)N2CCN(C(=O)OC(C)(C)C)CC2)c1. The molecule has 0 spiro atoms. The van der Waals surface area contributed by atoms with Gasteiger partial charge in [0.15, 0.2) is 5.96 Å². The van der Waals surface area contributed by atoms with Gasteiger partial charge in [-0.25, -0.2) is 9.79 Å². The molecule has 29 heavy (non-hydrogen) atoms. The predicted octanol–water partition coefficient (Wildman–Crippen LogP) is 2.47. The van der Waals surface area contributed by atoms with Gasteiger partial charge in [0.2, 0.25) is 0 Å². The van der Waals surface area contributed by atoms with E-state index in [1.54, 1.807) is 12.0 Å². The Kier molecular flexibility index (Phi) is 8.57. The Morgan fingerprint density at radius 2 is 1.83 bits per heavy atom. The van der Waals surface area contributed by atoms with Crippen LogP contribution in [0, 0.1) is 0 Å². The normalized spacial score (nSPS) is 15.4. The highest BCUT2D eigenvalue weighted by Crippen LogP contribution is 2.15. The molecule has 1 saturated heterocycles. The van der Waals surface area contributed by atoms with Gasteiger partial charge < -0.3 is 29.7 Å². The second-order valence-electron chi connectivity index (χ2n) is 7.97. The molecular weight excluding hydrogens is 372 g/mol. The topological polar surface area (TPSA) is 89.6 Å². The molecule has 162 valence electrons. The molecule has 0 atom stereocenters. The Morgan fingerprint density at radius 3 is 2.48 bits per heavy atom. The van der Waals surface area contributed by atoms with Crippen LogP contribution in [0.5, 0.6) is 5.75 Å². The first kappa shape index (κ1) is 22.8. The molecule has 1 aromatic carbocycles. The summed E-state index contributed by atoms with van der Waals surface area (Å²) in [4.78, 5) is 20.4. The van der Waals surface area contributed by atoms with Gasteiger partial charge in [0.25, 0.3) is 0 Å². The minimum Gasteiger partial charge on any atom is -0.493 e. The predicted molar refractivity (Wildman–Crippen MR) is 113 cm³/mol. The lowest BCUT2D eigenvalue weighted by Gasteiger charge is -2.36. The maximum absolute atomic E-state index is 12.1. The Hall–Kier alpha value is -2.48. The highest BCUT2D eigenvalue weighted by atomic mass is 16.6. The van der Waals surface area contributed by atoms with Crippen LogP contribution in [0.15, 0.2) is 29.3 Å². The number of ether oxygens (including phenoxy) is 3. The summed E-state index contributed by atoms with van der Waals surface area (Å²) in [7, 11) is 1.68. The molecule has 0 aliphatic carbocycles. The van der Waals surface area contributed by atoms with E-state index in [9.17, 15) is 4.79 Å². The zero-order valence-electron chi connectivity index (χ0n) is 18.0. The first-order chi connectivity index (χ1) is 13.8. The van der Waals surface area contributed by atoms with Crippen LogP contribution in [0.3, 0.4) is 0 Å². The standard InChI is InChI=1S/C21H34N4O4/c1-21(2,3)29-20(26)25-11-9-24(10-12-25)19(22)23-16-17-7-5-8-18(15-17)28-14-6-13-27-4/h5,7-8,15H,6,9-14,16H2,1-4H3,(H2,22,23). The van der Waals surface area contributed by atoms with E-state index in [0.717, 1.165) is 17.7 Å². The van der Waals surface area contributed by atoms with Crippen LogP contribution in [0.1, 0.15) is 32.8 Å². The quantitative estimate of drug-likeness (QED) is 0.425. The summed E-state index contributed by atoms with van der Waals surface area (Å²) in [5.41, 5.74) is 6.71. The van der Waals surface area contributed by atoms with Gasteiger partial charge in [-0.15, -0.1) is 0 Å². The van der Waals surface area contributed by atoms with E-state index in [1.165, 1.54) is 0 Å². The zero-order valence-corrected chi connectivity index (χ0v) is 18.0. The van der Waals surface area contributed by atoms with E-state index < -0.39 is 5.60 Å². The molecule has 1 aromatic rings. The van der Waals surface area contributed by atoms with Crippen molar-refractivity contribution in [1.29, 1.82) is 0 Å². The fourth-order valence-corrected chi connectivity index (χ4v) is 2.84. The van der Waals surface area contributed by atoms with Crippen molar-refractivity contribution in [2.75, 3.05) is 46.5 Å². The monoisotopic (exact) mass is 406 g/mol. The van der Waals surface area contributed by atoms with Gasteiger partial charge in [0, 0.05) is 46.3 Å². The summed E-state index contributed by atoms with van der Waals surface area (Å²) >= 11 is 0. The van der Waals surface area contributed by atoms with Crippen molar-refractivity contribution in [3.8, 4) is 5.75 Å². The number of benzene rings is 1. The van der Waals surface area contributed by atoms with Gasteiger partial charge in [0.1, 0.15) is 11.4 Å². The molecule has 0 unspecified atom stereocenters. The van der Waals surface area contributed by atoms with E-state index in [4.69, 9.17) is 19.9 Å². The first-order valence-electron chi connectivity index (χ1n) is 10.0. The highest BCUT2D eigenvalue weighted by molar-refractivity contribution is 5.78. The van der Waals surface area contributed by atoms with E-state index in [2.05, 4.69) is 4.99 Å². The Balaban J connectivity index is 1.81. The van der Waals surface area contributed by atoms with E-state index in [-0.39, 0.29) is 6.09 Å². The third-order valence-electron chi connectivity index (χ3n) is 4.34. The maximum Gasteiger partial charge on any atom is 0.410 e. The van der Waals surface area contributed by atoms with Crippen LogP contribution in [-0.2, 0) is 16.0 Å². The molecule has 0 radical (unpaired) electrons. The molecule has 1 heterocycles. The fourth-order valence-electron chi connectivity index (χ4n) is 2.84. The van der Waals surface area contributed by atoms with Gasteiger partial charge in [-0.3, -0.25) is 0 Å². The molecule has 2 N–H and O–H groups in total. The van der Waals surface area contributed by atoms with Crippen molar-refractivity contribution >= 4 is 12.1 Å². The van der Waals surface area contributed by atoms with Gasteiger partial charge in [-0.2, -0.15) is 0 Å². The lowest BCUT2D eigenvalue weighted by molar-refractivity contribution is 0.0186. The number of nitrogens with two attached hydrogens (primary N) is 1. The summed E-state index contributed by atoms with van der Waals surface area (Å²) in [6.07, 6.45) is 0.566. The number of hydrogen-bond acceptors (Lipinski definition) is 5. The van der Waals surface area contributed by atoms with Gasteiger partial charge in [-0.05, 0) is 38.5 Å². The zero-order chi connectivity index (χ0) is 21.3. The number of amides is 1. The third kappa shape index (κ3) is 8.19. The second kappa shape index (κ2) is 10.9. The number of carbonyl (C=O) groups is 1. The number of methoxy groups -OCH3 is 1. The maximum atomic E-state index is 12.1. The van der Waals surface area contributed by atoms with Crippen LogP contribution >= 0.6 is 0 Å². The summed E-state index contributed by atoms with van der Waals surface area (Å²) < 4.78 is 16.2. The van der Waals surface area contributed by atoms with Crippen molar-refractivity contribution in [1.82, 2.24) is 9.80 Å². The van der Waals surface area contributed by atoms with Gasteiger partial charge >= 0.3 is 6.09 Å². The highest BCUT2D eigenvalue weighted by Gasteiger charge is 2.26. The largest absolute Gasteiger partial charge is 0.493 e. The average molecular weight is 407 g/mol. The van der Waals surface area contributed by atoms with Gasteiger partial charge in [-0.1, -0.05) is 12.1 Å². The number of aliphatic imine (C=N–C) groups is 1. The number of piperazine rings is 1.